The van der Waals surface area contributed by atoms with Crippen molar-refractivity contribution in [2.75, 3.05) is 14.2 Å². The number of rotatable bonds is 8. The molecule has 0 fully saturated rings. The Kier molecular flexibility index (Phi) is 6.54. The number of methoxy groups -OCH3 is 2. The number of nitrogens with zero attached hydrogens (tertiary/aromatic N) is 2. The normalized spacial score (nSPS) is 10.6. The highest BCUT2D eigenvalue weighted by atomic mass is 16.5. The molecule has 1 N–H and O–H groups in total. The Labute approximate surface area is 171 Å². The van der Waals surface area contributed by atoms with Crippen LogP contribution in [0.4, 0.5) is 0 Å². The summed E-state index contributed by atoms with van der Waals surface area (Å²) in [6.07, 6.45) is 1.07. The number of ether oxygens (including phenoxy) is 2. The van der Waals surface area contributed by atoms with Gasteiger partial charge in [-0.05, 0) is 55.7 Å². The summed E-state index contributed by atoms with van der Waals surface area (Å²) in [5.41, 5.74) is 5.07. The van der Waals surface area contributed by atoms with Gasteiger partial charge in [-0.2, -0.15) is 5.10 Å². The summed E-state index contributed by atoms with van der Waals surface area (Å²) >= 11 is 0. The van der Waals surface area contributed by atoms with Crippen LogP contribution in [0, 0.1) is 13.8 Å². The molecule has 0 bridgehead atoms. The van der Waals surface area contributed by atoms with Gasteiger partial charge in [0, 0.05) is 24.7 Å². The minimum absolute atomic E-state index is 0.0220. The van der Waals surface area contributed by atoms with Crippen molar-refractivity contribution in [3.8, 4) is 17.2 Å². The number of carbonyl (C=O) groups excluding carboxylic acids is 1. The average Bonchev–Trinajstić information content (AvgIpc) is 3.04. The highest BCUT2D eigenvalue weighted by Gasteiger charge is 2.14. The quantitative estimate of drug-likeness (QED) is 0.633. The van der Waals surface area contributed by atoms with Gasteiger partial charge in [0.15, 0.2) is 0 Å². The molecule has 0 aliphatic rings. The first-order chi connectivity index (χ1) is 14.0. The monoisotopic (exact) mass is 393 g/mol. The molecule has 29 heavy (non-hydrogen) atoms. The molecule has 0 aliphatic heterocycles. The number of aryl methyl sites for hydroxylation is 1. The third kappa shape index (κ3) is 4.96. The number of nitrogens with one attached hydrogen (secondary N) is 1. The van der Waals surface area contributed by atoms with E-state index in [1.807, 2.05) is 67.1 Å². The zero-order chi connectivity index (χ0) is 20.8. The van der Waals surface area contributed by atoms with E-state index in [2.05, 4.69) is 10.4 Å². The van der Waals surface area contributed by atoms with Gasteiger partial charge in [-0.3, -0.25) is 4.79 Å². The van der Waals surface area contributed by atoms with Gasteiger partial charge in [0.2, 0.25) is 5.91 Å². The van der Waals surface area contributed by atoms with Gasteiger partial charge in [-0.1, -0.05) is 18.2 Å². The lowest BCUT2D eigenvalue weighted by molar-refractivity contribution is -0.121. The lowest BCUT2D eigenvalue weighted by atomic mass is 10.1. The number of hydrogen-bond donors (Lipinski definition) is 1. The molecule has 3 aromatic rings. The molecular weight excluding hydrogens is 366 g/mol. The van der Waals surface area contributed by atoms with E-state index in [-0.39, 0.29) is 5.91 Å². The largest absolute Gasteiger partial charge is 0.497 e. The Morgan fingerprint density at radius 1 is 1.03 bits per heavy atom. The van der Waals surface area contributed by atoms with E-state index < -0.39 is 0 Å². The van der Waals surface area contributed by atoms with E-state index in [0.717, 1.165) is 39.7 Å². The van der Waals surface area contributed by atoms with Gasteiger partial charge in [0.05, 0.1) is 25.6 Å². The Morgan fingerprint density at radius 3 is 2.45 bits per heavy atom. The zero-order valence-corrected chi connectivity index (χ0v) is 17.4. The van der Waals surface area contributed by atoms with Gasteiger partial charge >= 0.3 is 0 Å². The molecule has 0 spiro atoms. The Balaban J connectivity index is 1.61. The summed E-state index contributed by atoms with van der Waals surface area (Å²) in [6.45, 7) is 4.52. The van der Waals surface area contributed by atoms with E-state index in [0.29, 0.717) is 19.4 Å². The summed E-state index contributed by atoms with van der Waals surface area (Å²) in [4.78, 5) is 12.3. The smallest absolute Gasteiger partial charge is 0.220 e. The second-order valence-corrected chi connectivity index (χ2v) is 6.89. The number of aromatic nitrogens is 2. The lowest BCUT2D eigenvalue weighted by Gasteiger charge is -2.08. The maximum atomic E-state index is 12.3. The molecule has 0 saturated carbocycles. The zero-order valence-electron chi connectivity index (χ0n) is 17.4. The molecule has 1 aromatic heterocycles. The molecule has 6 nitrogen and oxygen atoms in total. The first kappa shape index (κ1) is 20.5. The summed E-state index contributed by atoms with van der Waals surface area (Å²) in [5.74, 6) is 1.61. The Bertz CT molecular complexity index is 978. The molecule has 2 aromatic carbocycles. The first-order valence-corrected chi connectivity index (χ1v) is 9.61. The van der Waals surface area contributed by atoms with Crippen molar-refractivity contribution in [2.45, 2.75) is 33.2 Å². The number of amides is 1. The number of carbonyl (C=O) groups is 1. The van der Waals surface area contributed by atoms with Crippen molar-refractivity contribution in [3.63, 3.8) is 0 Å². The van der Waals surface area contributed by atoms with Crippen LogP contribution in [0.2, 0.25) is 0 Å². The topological polar surface area (TPSA) is 65.4 Å². The average molecular weight is 393 g/mol. The first-order valence-electron chi connectivity index (χ1n) is 9.61. The summed E-state index contributed by atoms with van der Waals surface area (Å²) in [6, 6.07) is 15.5. The minimum Gasteiger partial charge on any atom is -0.497 e. The van der Waals surface area contributed by atoms with Crippen LogP contribution in [-0.2, 0) is 17.8 Å². The van der Waals surface area contributed by atoms with E-state index in [4.69, 9.17) is 9.47 Å². The third-order valence-electron chi connectivity index (χ3n) is 4.99. The van der Waals surface area contributed by atoms with Crippen molar-refractivity contribution in [2.24, 2.45) is 0 Å². The standard InChI is InChI=1S/C23H27N3O3/c1-16-22(17(2)26(25-16)19-6-5-7-21(14-19)29-4)12-13-23(27)24-15-18-8-10-20(28-3)11-9-18/h5-11,14H,12-13,15H2,1-4H3,(H,24,27). The second kappa shape index (κ2) is 9.28. The van der Waals surface area contributed by atoms with E-state index in [1.165, 1.54) is 0 Å². The maximum Gasteiger partial charge on any atom is 0.220 e. The van der Waals surface area contributed by atoms with Crippen LogP contribution in [-0.4, -0.2) is 29.9 Å². The van der Waals surface area contributed by atoms with Crippen LogP contribution in [0.3, 0.4) is 0 Å². The van der Waals surface area contributed by atoms with Crippen LogP contribution in [0.25, 0.3) is 5.69 Å². The fraction of sp³-hybridized carbons (Fsp3) is 0.304. The van der Waals surface area contributed by atoms with Gasteiger partial charge in [-0.15, -0.1) is 0 Å². The summed E-state index contributed by atoms with van der Waals surface area (Å²) in [5, 5.41) is 7.64. The molecule has 0 saturated heterocycles. The van der Waals surface area contributed by atoms with E-state index in [9.17, 15) is 4.79 Å². The van der Waals surface area contributed by atoms with Gasteiger partial charge < -0.3 is 14.8 Å². The van der Waals surface area contributed by atoms with Crippen LogP contribution in [0.1, 0.15) is 28.9 Å². The molecule has 0 radical (unpaired) electrons. The highest BCUT2D eigenvalue weighted by molar-refractivity contribution is 5.76. The molecule has 0 aliphatic carbocycles. The minimum atomic E-state index is 0.0220. The fourth-order valence-corrected chi connectivity index (χ4v) is 3.30. The van der Waals surface area contributed by atoms with Gasteiger partial charge in [-0.25, -0.2) is 4.68 Å². The Morgan fingerprint density at radius 2 is 1.76 bits per heavy atom. The van der Waals surface area contributed by atoms with Crippen LogP contribution < -0.4 is 14.8 Å². The molecular formula is C23H27N3O3. The molecule has 1 amide bonds. The van der Waals surface area contributed by atoms with Crippen LogP contribution in [0.5, 0.6) is 11.5 Å². The summed E-state index contributed by atoms with van der Waals surface area (Å²) in [7, 11) is 3.29. The Hall–Kier alpha value is -3.28. The van der Waals surface area contributed by atoms with Crippen LogP contribution >= 0.6 is 0 Å². The molecule has 0 atom stereocenters. The van der Waals surface area contributed by atoms with Crippen molar-refractivity contribution >= 4 is 5.91 Å². The third-order valence-corrected chi connectivity index (χ3v) is 4.99. The van der Waals surface area contributed by atoms with Gasteiger partial charge in [0.1, 0.15) is 11.5 Å². The predicted octanol–water partition coefficient (Wildman–Crippen LogP) is 3.76. The van der Waals surface area contributed by atoms with Crippen LogP contribution in [0.15, 0.2) is 48.5 Å². The maximum absolute atomic E-state index is 12.3. The lowest BCUT2D eigenvalue weighted by Crippen LogP contribution is -2.23. The molecule has 6 heteroatoms. The van der Waals surface area contributed by atoms with Crippen molar-refractivity contribution < 1.29 is 14.3 Å². The van der Waals surface area contributed by atoms with E-state index >= 15 is 0 Å². The van der Waals surface area contributed by atoms with Gasteiger partial charge in [0.25, 0.3) is 0 Å². The van der Waals surface area contributed by atoms with Crippen molar-refractivity contribution in [1.82, 2.24) is 15.1 Å². The molecule has 0 unspecified atom stereocenters. The van der Waals surface area contributed by atoms with E-state index in [1.54, 1.807) is 14.2 Å². The highest BCUT2D eigenvalue weighted by Crippen LogP contribution is 2.22. The second-order valence-electron chi connectivity index (χ2n) is 6.89. The molecule has 152 valence electrons. The number of hydrogen-bond acceptors (Lipinski definition) is 4. The molecule has 1 heterocycles. The number of benzene rings is 2. The van der Waals surface area contributed by atoms with Crippen molar-refractivity contribution in [3.05, 3.63) is 71.0 Å². The summed E-state index contributed by atoms with van der Waals surface area (Å²) < 4.78 is 12.4. The molecule has 3 rings (SSSR count). The predicted molar refractivity (Wildman–Crippen MR) is 113 cm³/mol. The van der Waals surface area contributed by atoms with Crippen molar-refractivity contribution in [1.29, 1.82) is 0 Å². The fourth-order valence-electron chi connectivity index (χ4n) is 3.30. The SMILES string of the molecule is COc1ccc(CNC(=O)CCc2c(C)nn(-c3cccc(OC)c3)c2C)cc1.